The van der Waals surface area contributed by atoms with Crippen molar-refractivity contribution >= 4 is 11.8 Å². The summed E-state index contributed by atoms with van der Waals surface area (Å²) in [6.07, 6.45) is 6.15. The number of amides is 2. The highest BCUT2D eigenvalue weighted by Gasteiger charge is 2.04. The number of carbonyl (C=O) groups excluding carboxylic acids is 2. The number of carbonyl (C=O) groups is 2. The predicted octanol–water partition coefficient (Wildman–Crippen LogP) is 3.29. The summed E-state index contributed by atoms with van der Waals surface area (Å²) in [6, 6.07) is 0. The van der Waals surface area contributed by atoms with E-state index < -0.39 is 0 Å². The summed E-state index contributed by atoms with van der Waals surface area (Å²) in [7, 11) is 0. The molecule has 0 radical (unpaired) electrons. The van der Waals surface area contributed by atoms with Gasteiger partial charge in [-0.05, 0) is 45.4 Å². The van der Waals surface area contributed by atoms with Crippen molar-refractivity contribution in [2.24, 2.45) is 5.92 Å². The molecule has 26 heavy (non-hydrogen) atoms. The van der Waals surface area contributed by atoms with Gasteiger partial charge in [0.1, 0.15) is 6.61 Å². The summed E-state index contributed by atoms with van der Waals surface area (Å²) in [5.74, 6) is 0.143. The van der Waals surface area contributed by atoms with E-state index in [0.29, 0.717) is 13.2 Å². The Morgan fingerprint density at radius 1 is 0.808 bits per heavy atom. The van der Waals surface area contributed by atoms with Gasteiger partial charge in [-0.2, -0.15) is 0 Å². The fourth-order valence-corrected chi connectivity index (χ4v) is 2.00. The highest BCUT2D eigenvalue weighted by atomic mass is 16.5. The normalized spacial score (nSPS) is 10.2. The smallest absolute Gasteiger partial charge is 0.245 e. The molecule has 0 aromatic rings. The lowest BCUT2D eigenvalue weighted by molar-refractivity contribution is -0.125. The van der Waals surface area contributed by atoms with Crippen molar-refractivity contribution in [1.29, 1.82) is 0 Å². The molecule has 156 valence electrons. The van der Waals surface area contributed by atoms with Gasteiger partial charge >= 0.3 is 0 Å². The van der Waals surface area contributed by atoms with Gasteiger partial charge in [0.05, 0.1) is 0 Å². The Kier molecular flexibility index (Phi) is 22.8. The monoisotopic (exact) mass is 374 g/mol. The van der Waals surface area contributed by atoms with Crippen LogP contribution in [0.3, 0.4) is 0 Å². The first-order chi connectivity index (χ1) is 12.6. The van der Waals surface area contributed by atoms with Gasteiger partial charge < -0.3 is 20.1 Å². The van der Waals surface area contributed by atoms with Crippen LogP contribution in [0, 0.1) is 5.92 Å². The molecule has 0 aliphatic heterocycles. The second-order valence-electron chi connectivity index (χ2n) is 6.17. The summed E-state index contributed by atoms with van der Waals surface area (Å²) in [5, 5.41) is 5.74. The standard InChI is InChI=1S/C18H36N2O4.C2H6/c1-4-23-15-17(21)19-11-7-5-9-13-24-14-10-6-8-12-20-18(22)16(2)3;1-2/h16H,4-15H2,1-3H3,(H,19,21)(H,20,22);1-2H3. The van der Waals surface area contributed by atoms with Crippen LogP contribution < -0.4 is 10.6 Å². The molecule has 0 heterocycles. The highest BCUT2D eigenvalue weighted by Crippen LogP contribution is 1.99. The molecule has 2 N–H and O–H groups in total. The van der Waals surface area contributed by atoms with Crippen LogP contribution in [0.25, 0.3) is 0 Å². The molecule has 6 heteroatoms. The van der Waals surface area contributed by atoms with Crippen LogP contribution in [-0.2, 0) is 19.1 Å². The lowest BCUT2D eigenvalue weighted by atomic mass is 10.2. The largest absolute Gasteiger partial charge is 0.381 e. The predicted molar refractivity (Wildman–Crippen MR) is 107 cm³/mol. The molecule has 0 atom stereocenters. The van der Waals surface area contributed by atoms with E-state index >= 15 is 0 Å². The first kappa shape index (κ1) is 27.1. The molecule has 0 spiro atoms. The maximum atomic E-state index is 11.3. The minimum absolute atomic E-state index is 0.0438. The molecular weight excluding hydrogens is 332 g/mol. The molecule has 0 bridgehead atoms. The van der Waals surface area contributed by atoms with Gasteiger partial charge in [0.15, 0.2) is 0 Å². The molecular formula is C20H42N2O4. The van der Waals surface area contributed by atoms with Crippen molar-refractivity contribution in [3.05, 3.63) is 0 Å². The third-order valence-electron chi connectivity index (χ3n) is 3.51. The van der Waals surface area contributed by atoms with Crippen LogP contribution in [0.15, 0.2) is 0 Å². The first-order valence-corrected chi connectivity index (χ1v) is 10.3. The van der Waals surface area contributed by atoms with Gasteiger partial charge in [0.2, 0.25) is 11.8 Å². The van der Waals surface area contributed by atoms with Crippen LogP contribution >= 0.6 is 0 Å². The molecule has 0 aromatic carbocycles. The molecule has 0 unspecified atom stereocenters. The van der Waals surface area contributed by atoms with Crippen molar-refractivity contribution in [1.82, 2.24) is 10.6 Å². The second kappa shape index (κ2) is 21.9. The van der Waals surface area contributed by atoms with Crippen LogP contribution in [-0.4, -0.2) is 51.3 Å². The van der Waals surface area contributed by atoms with Gasteiger partial charge in [-0.15, -0.1) is 0 Å². The van der Waals surface area contributed by atoms with Gasteiger partial charge in [0.25, 0.3) is 0 Å². The number of hydrogen-bond acceptors (Lipinski definition) is 4. The van der Waals surface area contributed by atoms with Gasteiger partial charge in [-0.25, -0.2) is 0 Å². The topological polar surface area (TPSA) is 76.7 Å². The summed E-state index contributed by atoms with van der Waals surface area (Å²) >= 11 is 0. The zero-order valence-electron chi connectivity index (χ0n) is 17.7. The average Bonchev–Trinajstić information content (AvgIpc) is 2.65. The van der Waals surface area contributed by atoms with E-state index in [1.807, 2.05) is 34.6 Å². The molecule has 0 aliphatic carbocycles. The van der Waals surface area contributed by atoms with Crippen molar-refractivity contribution in [2.75, 3.05) is 39.5 Å². The Labute approximate surface area is 160 Å². The van der Waals surface area contributed by atoms with Crippen LogP contribution in [0.2, 0.25) is 0 Å². The molecule has 0 saturated heterocycles. The first-order valence-electron chi connectivity index (χ1n) is 10.3. The quantitative estimate of drug-likeness (QED) is 0.406. The summed E-state index contributed by atoms with van der Waals surface area (Å²) in [5.41, 5.74) is 0. The van der Waals surface area contributed by atoms with E-state index in [4.69, 9.17) is 9.47 Å². The second-order valence-corrected chi connectivity index (χ2v) is 6.17. The van der Waals surface area contributed by atoms with Crippen LogP contribution in [0.5, 0.6) is 0 Å². The number of hydrogen-bond donors (Lipinski definition) is 2. The Bertz CT molecular complexity index is 323. The van der Waals surface area contributed by atoms with E-state index in [0.717, 1.165) is 58.3 Å². The van der Waals surface area contributed by atoms with Gasteiger partial charge in [-0.1, -0.05) is 27.7 Å². The Morgan fingerprint density at radius 3 is 1.85 bits per heavy atom. The van der Waals surface area contributed by atoms with Crippen molar-refractivity contribution in [3.8, 4) is 0 Å². The fourth-order valence-electron chi connectivity index (χ4n) is 2.00. The molecule has 0 fully saturated rings. The zero-order valence-corrected chi connectivity index (χ0v) is 17.7. The number of unbranched alkanes of at least 4 members (excludes halogenated alkanes) is 4. The third-order valence-corrected chi connectivity index (χ3v) is 3.51. The van der Waals surface area contributed by atoms with Crippen LogP contribution in [0.4, 0.5) is 0 Å². The lowest BCUT2D eigenvalue weighted by Crippen LogP contribution is -2.28. The van der Waals surface area contributed by atoms with E-state index in [2.05, 4.69) is 10.6 Å². The highest BCUT2D eigenvalue weighted by molar-refractivity contribution is 5.77. The van der Waals surface area contributed by atoms with Gasteiger partial charge in [0, 0.05) is 38.8 Å². The molecule has 6 nitrogen and oxygen atoms in total. The Morgan fingerprint density at radius 2 is 1.35 bits per heavy atom. The van der Waals surface area contributed by atoms with Crippen molar-refractivity contribution < 1.29 is 19.1 Å². The molecule has 0 saturated carbocycles. The average molecular weight is 375 g/mol. The third kappa shape index (κ3) is 20.9. The number of rotatable bonds is 16. The Balaban J connectivity index is 0. The minimum Gasteiger partial charge on any atom is -0.381 e. The van der Waals surface area contributed by atoms with Gasteiger partial charge in [-0.3, -0.25) is 9.59 Å². The summed E-state index contributed by atoms with van der Waals surface area (Å²) < 4.78 is 10.6. The lowest BCUT2D eigenvalue weighted by Gasteiger charge is -2.08. The maximum Gasteiger partial charge on any atom is 0.245 e. The van der Waals surface area contributed by atoms with E-state index in [9.17, 15) is 9.59 Å². The van der Waals surface area contributed by atoms with E-state index in [1.54, 1.807) is 0 Å². The van der Waals surface area contributed by atoms with E-state index in [-0.39, 0.29) is 24.3 Å². The fraction of sp³-hybridized carbons (Fsp3) is 0.900. The van der Waals surface area contributed by atoms with Crippen molar-refractivity contribution in [3.63, 3.8) is 0 Å². The molecule has 0 rings (SSSR count). The molecule has 2 amide bonds. The maximum absolute atomic E-state index is 11.3. The number of nitrogens with one attached hydrogen (secondary N) is 2. The summed E-state index contributed by atoms with van der Waals surface area (Å²) in [4.78, 5) is 22.6. The zero-order chi connectivity index (χ0) is 20.0. The summed E-state index contributed by atoms with van der Waals surface area (Å²) in [6.45, 7) is 13.4. The Hall–Kier alpha value is -1.14. The van der Waals surface area contributed by atoms with E-state index in [1.165, 1.54) is 0 Å². The molecule has 0 aliphatic rings. The SMILES string of the molecule is CC.CCOCC(=O)NCCCCCOCCCCCNC(=O)C(C)C. The minimum atomic E-state index is -0.0438. The van der Waals surface area contributed by atoms with Crippen molar-refractivity contribution in [2.45, 2.75) is 73.1 Å². The molecule has 0 aromatic heterocycles. The van der Waals surface area contributed by atoms with Crippen LogP contribution in [0.1, 0.15) is 73.1 Å². The number of ether oxygens (including phenoxy) is 2.